The van der Waals surface area contributed by atoms with Crippen molar-refractivity contribution < 1.29 is 24.2 Å². The molecule has 0 aliphatic heterocycles. The molecule has 51 heavy (non-hydrogen) atoms. The summed E-state index contributed by atoms with van der Waals surface area (Å²) in [5.41, 5.74) is 4.87. The number of nitrogens with one attached hydrogen (secondary N) is 1. The highest BCUT2D eigenvalue weighted by molar-refractivity contribution is 7.18. The summed E-state index contributed by atoms with van der Waals surface area (Å²) in [5, 5.41) is 12.9. The fraction of sp³-hybridized carbons (Fsp3) is 0.390. The molecule has 4 aromatic rings. The average molecular weight is 707 g/mol. The third-order valence-electron chi connectivity index (χ3n) is 10.4. The topological polar surface area (TPSA) is 122 Å². The van der Waals surface area contributed by atoms with Crippen LogP contribution in [0.3, 0.4) is 0 Å². The van der Waals surface area contributed by atoms with Gasteiger partial charge in [0.15, 0.2) is 5.82 Å². The van der Waals surface area contributed by atoms with Crippen molar-refractivity contribution in [1.82, 2.24) is 14.9 Å². The Kier molecular flexibility index (Phi) is 11.9. The predicted molar refractivity (Wildman–Crippen MR) is 201 cm³/mol. The zero-order valence-corrected chi connectivity index (χ0v) is 30.2. The number of carboxylic acids is 1. The molecule has 0 spiro atoms. The SMILES string of the molecule is CC[C@H]1CC[C@H](C2CC=C(c3cnc(-c4ccc(CN(CC(=O)O)C(=O)c5ccc(NC(=O)Cc6ccc(OC)cc6)s5)cc4)nc3)CC2)CC1. The molecule has 1 atom stereocenters. The van der Waals surface area contributed by atoms with Crippen molar-refractivity contribution >= 4 is 39.7 Å². The lowest BCUT2D eigenvalue weighted by Gasteiger charge is -2.35. The van der Waals surface area contributed by atoms with Crippen LogP contribution in [0.2, 0.25) is 0 Å². The Balaban J connectivity index is 1.03. The van der Waals surface area contributed by atoms with Crippen LogP contribution in [0.15, 0.2) is 79.1 Å². The Morgan fingerprint density at radius 3 is 2.22 bits per heavy atom. The van der Waals surface area contributed by atoms with E-state index in [0.29, 0.717) is 21.5 Å². The largest absolute Gasteiger partial charge is 0.497 e. The maximum Gasteiger partial charge on any atom is 0.323 e. The standard InChI is InChI=1S/C41H46N4O5S/c1-3-27-4-10-30(11-5-27)31-14-16-32(17-15-31)34-23-42-40(43-24-34)33-12-6-29(7-13-33)25-45(26-39(47)48)41(49)36-20-21-38(51-36)44-37(46)22-28-8-18-35(50-2)19-9-28/h6-9,12-13,16,18-21,23-24,27,30-31H,3-5,10-11,14-15,17,22,25-26H2,1-2H3,(H,44,46)(H,47,48)/t27-,30-,31?. The third kappa shape index (κ3) is 9.49. The maximum absolute atomic E-state index is 13.4. The molecule has 1 saturated carbocycles. The molecule has 6 rings (SSSR count). The van der Waals surface area contributed by atoms with Crippen LogP contribution in [-0.2, 0) is 22.6 Å². The molecule has 266 valence electrons. The van der Waals surface area contributed by atoms with Crippen molar-refractivity contribution in [2.75, 3.05) is 19.0 Å². The highest BCUT2D eigenvalue weighted by atomic mass is 32.1. The summed E-state index contributed by atoms with van der Waals surface area (Å²) in [6.45, 7) is 1.97. The first-order chi connectivity index (χ1) is 24.8. The second-order valence-electron chi connectivity index (χ2n) is 13.7. The van der Waals surface area contributed by atoms with Gasteiger partial charge in [-0.3, -0.25) is 14.4 Å². The second-order valence-corrected chi connectivity index (χ2v) is 14.8. The molecule has 2 aliphatic carbocycles. The molecule has 0 radical (unpaired) electrons. The van der Waals surface area contributed by atoms with Gasteiger partial charge < -0.3 is 20.1 Å². The van der Waals surface area contributed by atoms with Gasteiger partial charge in [0.2, 0.25) is 5.91 Å². The first-order valence-corrected chi connectivity index (χ1v) is 18.7. The van der Waals surface area contributed by atoms with Crippen molar-refractivity contribution in [2.45, 2.75) is 71.3 Å². The Morgan fingerprint density at radius 2 is 1.59 bits per heavy atom. The zero-order chi connectivity index (χ0) is 35.7. The number of amides is 2. The van der Waals surface area contributed by atoms with E-state index in [-0.39, 0.29) is 18.9 Å². The number of ether oxygens (including phenoxy) is 1. The van der Waals surface area contributed by atoms with Gasteiger partial charge in [0.05, 0.1) is 23.4 Å². The van der Waals surface area contributed by atoms with Crippen LogP contribution in [0.5, 0.6) is 5.75 Å². The van der Waals surface area contributed by atoms with Crippen LogP contribution in [0.4, 0.5) is 5.00 Å². The van der Waals surface area contributed by atoms with Gasteiger partial charge in [-0.05, 0) is 90.8 Å². The minimum Gasteiger partial charge on any atom is -0.497 e. The van der Waals surface area contributed by atoms with E-state index in [4.69, 9.17) is 4.74 Å². The maximum atomic E-state index is 13.4. The summed E-state index contributed by atoms with van der Waals surface area (Å²) in [4.78, 5) is 48.7. The monoisotopic (exact) mass is 706 g/mol. The van der Waals surface area contributed by atoms with Gasteiger partial charge in [0.1, 0.15) is 12.3 Å². The number of hydrogen-bond acceptors (Lipinski definition) is 7. The lowest BCUT2D eigenvalue weighted by molar-refractivity contribution is -0.137. The number of methoxy groups -OCH3 is 1. The molecule has 0 bridgehead atoms. The minimum absolute atomic E-state index is 0.109. The zero-order valence-electron chi connectivity index (χ0n) is 29.3. The van der Waals surface area contributed by atoms with Crippen LogP contribution < -0.4 is 10.1 Å². The Bertz CT molecular complexity index is 1830. The molecular formula is C41H46N4O5S. The quantitative estimate of drug-likeness (QED) is 0.143. The second kappa shape index (κ2) is 16.9. The van der Waals surface area contributed by atoms with Crippen molar-refractivity contribution in [3.63, 3.8) is 0 Å². The van der Waals surface area contributed by atoms with E-state index in [1.54, 1.807) is 31.4 Å². The normalized spacial score (nSPS) is 18.8. The molecule has 0 saturated heterocycles. The van der Waals surface area contributed by atoms with E-state index in [0.717, 1.165) is 64.2 Å². The van der Waals surface area contributed by atoms with Gasteiger partial charge in [-0.15, -0.1) is 11.3 Å². The van der Waals surface area contributed by atoms with Gasteiger partial charge in [-0.2, -0.15) is 0 Å². The van der Waals surface area contributed by atoms with Gasteiger partial charge in [0.25, 0.3) is 5.91 Å². The number of carboxylic acid groups (broad SMARTS) is 1. The van der Waals surface area contributed by atoms with Crippen LogP contribution in [0, 0.1) is 17.8 Å². The van der Waals surface area contributed by atoms with E-state index < -0.39 is 18.4 Å². The van der Waals surface area contributed by atoms with Crippen LogP contribution in [0.25, 0.3) is 17.0 Å². The number of aromatic nitrogens is 2. The Labute approximate surface area is 303 Å². The molecule has 1 fully saturated rings. The number of benzene rings is 2. The van der Waals surface area contributed by atoms with E-state index in [9.17, 15) is 19.5 Å². The number of nitrogens with zero attached hydrogens (tertiary/aromatic N) is 3. The van der Waals surface area contributed by atoms with Crippen LogP contribution >= 0.6 is 11.3 Å². The fourth-order valence-corrected chi connectivity index (χ4v) is 8.27. The molecule has 2 aromatic carbocycles. The summed E-state index contributed by atoms with van der Waals surface area (Å²) in [5.74, 6) is 2.19. The van der Waals surface area contributed by atoms with Crippen LogP contribution in [-0.4, -0.2) is 51.4 Å². The Hall–Kier alpha value is -4.83. The first kappa shape index (κ1) is 36.0. The van der Waals surface area contributed by atoms with Crippen molar-refractivity contribution in [2.24, 2.45) is 17.8 Å². The number of rotatable bonds is 13. The van der Waals surface area contributed by atoms with Crippen LogP contribution in [0.1, 0.15) is 84.7 Å². The molecule has 2 N–H and O–H groups in total. The number of carbonyl (C=O) groups is 3. The minimum atomic E-state index is -1.11. The highest BCUT2D eigenvalue weighted by Gasteiger charge is 2.28. The highest BCUT2D eigenvalue weighted by Crippen LogP contribution is 2.41. The molecule has 10 heteroatoms. The van der Waals surface area contributed by atoms with E-state index in [1.807, 2.05) is 48.8 Å². The lowest BCUT2D eigenvalue weighted by Crippen LogP contribution is -2.34. The lowest BCUT2D eigenvalue weighted by atomic mass is 9.71. The Morgan fingerprint density at radius 1 is 0.882 bits per heavy atom. The van der Waals surface area contributed by atoms with Gasteiger partial charge in [-0.1, -0.05) is 68.7 Å². The first-order valence-electron chi connectivity index (χ1n) is 17.9. The molecule has 1 unspecified atom stereocenters. The molecule has 2 aromatic heterocycles. The van der Waals surface area contributed by atoms with E-state index in [1.165, 1.54) is 49.0 Å². The summed E-state index contributed by atoms with van der Waals surface area (Å²) < 4.78 is 5.16. The molecular weight excluding hydrogens is 661 g/mol. The van der Waals surface area contributed by atoms with Gasteiger partial charge in [-0.25, -0.2) is 9.97 Å². The number of aliphatic carboxylic acids is 1. The summed E-state index contributed by atoms with van der Waals surface area (Å²) in [6, 6.07) is 18.0. The number of carbonyl (C=O) groups excluding carboxylic acids is 2. The van der Waals surface area contributed by atoms with Gasteiger partial charge in [0, 0.05) is 30.1 Å². The number of hydrogen-bond donors (Lipinski definition) is 2. The van der Waals surface area contributed by atoms with Crippen molar-refractivity contribution in [1.29, 1.82) is 0 Å². The fourth-order valence-electron chi connectivity index (χ4n) is 7.38. The molecule has 2 aliphatic rings. The van der Waals surface area contributed by atoms with Crippen molar-refractivity contribution in [3.8, 4) is 17.1 Å². The average Bonchev–Trinajstić information content (AvgIpc) is 3.63. The number of anilines is 1. The molecule has 2 heterocycles. The summed E-state index contributed by atoms with van der Waals surface area (Å²) in [6.07, 6.45) is 16.8. The van der Waals surface area contributed by atoms with Gasteiger partial charge >= 0.3 is 5.97 Å². The summed E-state index contributed by atoms with van der Waals surface area (Å²) >= 11 is 1.11. The molecule has 9 nitrogen and oxygen atoms in total. The van der Waals surface area contributed by atoms with E-state index in [2.05, 4.69) is 28.3 Å². The predicted octanol–water partition coefficient (Wildman–Crippen LogP) is 8.52. The third-order valence-corrected chi connectivity index (χ3v) is 11.4. The molecule has 2 amide bonds. The smallest absolute Gasteiger partial charge is 0.323 e. The van der Waals surface area contributed by atoms with E-state index >= 15 is 0 Å². The number of thiophene rings is 1. The summed E-state index contributed by atoms with van der Waals surface area (Å²) in [7, 11) is 1.58. The number of allylic oxidation sites excluding steroid dienone is 2. The van der Waals surface area contributed by atoms with Crippen molar-refractivity contribution in [3.05, 3.63) is 101 Å².